The summed E-state index contributed by atoms with van der Waals surface area (Å²) in [6.45, 7) is 4.08. The van der Waals surface area contributed by atoms with Crippen molar-refractivity contribution in [2.24, 2.45) is 0 Å². The van der Waals surface area contributed by atoms with Gasteiger partial charge in [-0.15, -0.1) is 11.8 Å². The number of anilines is 1. The zero-order chi connectivity index (χ0) is 20.8. The number of nitrogens with one attached hydrogen (secondary N) is 1. The zero-order valence-corrected chi connectivity index (χ0v) is 18.3. The summed E-state index contributed by atoms with van der Waals surface area (Å²) in [6.07, 6.45) is 5.88. The molecule has 0 radical (unpaired) electrons. The molecular formula is C24H30N2O2S. The Bertz CT molecular complexity index is 875. The van der Waals surface area contributed by atoms with Gasteiger partial charge in [0.2, 0.25) is 5.91 Å². The van der Waals surface area contributed by atoms with Gasteiger partial charge in [-0.05, 0) is 62.1 Å². The molecular weight excluding hydrogens is 380 g/mol. The van der Waals surface area contributed by atoms with Crippen LogP contribution in [-0.4, -0.2) is 35.6 Å². The van der Waals surface area contributed by atoms with Gasteiger partial charge in [0.1, 0.15) is 0 Å². The average Bonchev–Trinajstić information content (AvgIpc) is 2.75. The zero-order valence-electron chi connectivity index (χ0n) is 17.5. The lowest BCUT2D eigenvalue weighted by molar-refractivity contribution is -0.129. The van der Waals surface area contributed by atoms with Crippen molar-refractivity contribution in [3.63, 3.8) is 0 Å². The Morgan fingerprint density at radius 3 is 2.48 bits per heavy atom. The molecule has 0 unspecified atom stereocenters. The van der Waals surface area contributed by atoms with Crippen LogP contribution in [0.4, 0.5) is 5.69 Å². The molecule has 0 aromatic heterocycles. The third kappa shape index (κ3) is 5.63. The summed E-state index contributed by atoms with van der Waals surface area (Å²) in [4.78, 5) is 28.2. The molecule has 0 spiro atoms. The van der Waals surface area contributed by atoms with E-state index in [1.807, 2.05) is 68.3 Å². The molecule has 4 nitrogen and oxygen atoms in total. The number of rotatable bonds is 6. The normalized spacial score (nSPS) is 14.4. The lowest BCUT2D eigenvalue weighted by Crippen LogP contribution is -2.39. The van der Waals surface area contributed by atoms with Crippen molar-refractivity contribution in [2.45, 2.75) is 56.9 Å². The lowest BCUT2D eigenvalue weighted by Gasteiger charge is -2.31. The van der Waals surface area contributed by atoms with E-state index < -0.39 is 0 Å². The van der Waals surface area contributed by atoms with Gasteiger partial charge in [-0.2, -0.15) is 0 Å². The molecule has 0 aliphatic heterocycles. The smallest absolute Gasteiger partial charge is 0.256 e. The van der Waals surface area contributed by atoms with E-state index in [4.69, 9.17) is 0 Å². The summed E-state index contributed by atoms with van der Waals surface area (Å²) < 4.78 is 0. The third-order valence-corrected chi connectivity index (χ3v) is 6.82. The molecule has 154 valence electrons. The Morgan fingerprint density at radius 1 is 1.03 bits per heavy atom. The predicted molar refractivity (Wildman–Crippen MR) is 121 cm³/mol. The summed E-state index contributed by atoms with van der Waals surface area (Å²) >= 11 is 1.44. The Balaban J connectivity index is 1.64. The molecule has 1 N–H and O–H groups in total. The van der Waals surface area contributed by atoms with Gasteiger partial charge < -0.3 is 10.2 Å². The van der Waals surface area contributed by atoms with Crippen molar-refractivity contribution in [1.29, 1.82) is 0 Å². The number of hydrogen-bond acceptors (Lipinski definition) is 3. The number of carbonyl (C=O) groups is 2. The van der Waals surface area contributed by atoms with Gasteiger partial charge >= 0.3 is 0 Å². The van der Waals surface area contributed by atoms with Crippen molar-refractivity contribution in [2.75, 3.05) is 18.1 Å². The van der Waals surface area contributed by atoms with Crippen LogP contribution >= 0.6 is 11.8 Å². The molecule has 1 aliphatic rings. The Hall–Kier alpha value is -2.27. The van der Waals surface area contributed by atoms with Crippen LogP contribution in [0.1, 0.15) is 53.6 Å². The molecule has 29 heavy (non-hydrogen) atoms. The third-order valence-electron chi connectivity index (χ3n) is 5.76. The number of thioether (sulfide) groups is 1. The van der Waals surface area contributed by atoms with E-state index in [9.17, 15) is 9.59 Å². The van der Waals surface area contributed by atoms with Crippen molar-refractivity contribution < 1.29 is 9.59 Å². The maximum absolute atomic E-state index is 12.8. The number of hydrogen-bond donors (Lipinski definition) is 1. The van der Waals surface area contributed by atoms with Crippen LogP contribution in [0.25, 0.3) is 0 Å². The maximum Gasteiger partial charge on any atom is 0.256 e. The summed E-state index contributed by atoms with van der Waals surface area (Å²) in [5.74, 6) is 0.330. The molecule has 0 atom stereocenters. The first-order valence-electron chi connectivity index (χ1n) is 10.3. The first kappa shape index (κ1) is 21.4. The summed E-state index contributed by atoms with van der Waals surface area (Å²) in [7, 11) is 1.91. The Morgan fingerprint density at radius 2 is 1.76 bits per heavy atom. The van der Waals surface area contributed by atoms with Crippen molar-refractivity contribution in [3.8, 4) is 0 Å². The average molecular weight is 411 g/mol. The molecule has 2 aromatic carbocycles. The second-order valence-corrected chi connectivity index (χ2v) is 8.85. The second kappa shape index (κ2) is 9.97. The highest BCUT2D eigenvalue weighted by atomic mass is 32.2. The van der Waals surface area contributed by atoms with E-state index in [1.165, 1.54) is 36.6 Å². The van der Waals surface area contributed by atoms with E-state index in [0.29, 0.717) is 17.4 Å². The minimum atomic E-state index is -0.149. The number of nitrogens with zero attached hydrogens (tertiary/aromatic N) is 1. The molecule has 1 saturated carbocycles. The number of carbonyl (C=O) groups excluding carboxylic acids is 2. The predicted octanol–water partition coefficient (Wildman–Crippen LogP) is 5.44. The summed E-state index contributed by atoms with van der Waals surface area (Å²) in [5.41, 5.74) is 3.72. The van der Waals surface area contributed by atoms with Gasteiger partial charge in [0, 0.05) is 23.7 Å². The molecule has 0 saturated heterocycles. The van der Waals surface area contributed by atoms with Crippen LogP contribution in [0, 0.1) is 13.8 Å². The maximum atomic E-state index is 12.8. The van der Waals surface area contributed by atoms with E-state index in [-0.39, 0.29) is 11.8 Å². The number of benzene rings is 2. The Kier molecular flexibility index (Phi) is 7.37. The number of amides is 2. The molecule has 0 bridgehead atoms. The van der Waals surface area contributed by atoms with Crippen LogP contribution in [0.2, 0.25) is 0 Å². The Labute approximate surface area is 178 Å². The van der Waals surface area contributed by atoms with E-state index in [1.54, 1.807) is 0 Å². The fourth-order valence-corrected chi connectivity index (χ4v) is 4.68. The highest BCUT2D eigenvalue weighted by Crippen LogP contribution is 2.26. The summed E-state index contributed by atoms with van der Waals surface area (Å²) in [6, 6.07) is 13.7. The highest BCUT2D eigenvalue weighted by molar-refractivity contribution is 8.00. The van der Waals surface area contributed by atoms with Crippen LogP contribution in [0.3, 0.4) is 0 Å². The molecule has 2 aromatic rings. The van der Waals surface area contributed by atoms with Crippen molar-refractivity contribution in [1.82, 2.24) is 4.90 Å². The van der Waals surface area contributed by atoms with Gasteiger partial charge in [0.05, 0.1) is 11.3 Å². The van der Waals surface area contributed by atoms with Crippen LogP contribution in [0.15, 0.2) is 47.4 Å². The van der Waals surface area contributed by atoms with Gasteiger partial charge in [-0.25, -0.2) is 0 Å². The molecule has 2 amide bonds. The highest BCUT2D eigenvalue weighted by Gasteiger charge is 2.22. The van der Waals surface area contributed by atoms with E-state index in [0.717, 1.165) is 29.0 Å². The van der Waals surface area contributed by atoms with Crippen LogP contribution in [-0.2, 0) is 4.79 Å². The van der Waals surface area contributed by atoms with Gasteiger partial charge in [0.25, 0.3) is 5.91 Å². The van der Waals surface area contributed by atoms with Crippen molar-refractivity contribution in [3.05, 3.63) is 59.2 Å². The van der Waals surface area contributed by atoms with Gasteiger partial charge in [-0.1, -0.05) is 37.5 Å². The quantitative estimate of drug-likeness (QED) is 0.645. The van der Waals surface area contributed by atoms with Gasteiger partial charge in [-0.3, -0.25) is 9.59 Å². The van der Waals surface area contributed by atoms with E-state index in [2.05, 4.69) is 5.32 Å². The minimum Gasteiger partial charge on any atom is -0.342 e. The fourth-order valence-electron chi connectivity index (χ4n) is 3.71. The first-order chi connectivity index (χ1) is 14.0. The standard InChI is InChI=1S/C24H30N2O2S/c1-17-13-14-19(15-18(17)2)25-24(28)21-11-7-8-12-22(21)29-16-23(27)26(3)20-9-5-4-6-10-20/h7-8,11-15,20H,4-6,9-10,16H2,1-3H3,(H,25,28). The molecule has 1 fully saturated rings. The summed E-state index contributed by atoms with van der Waals surface area (Å²) in [5, 5.41) is 2.98. The monoisotopic (exact) mass is 410 g/mol. The number of aryl methyl sites for hydroxylation is 2. The lowest BCUT2D eigenvalue weighted by atomic mass is 9.94. The molecule has 3 rings (SSSR count). The van der Waals surface area contributed by atoms with E-state index >= 15 is 0 Å². The first-order valence-corrected chi connectivity index (χ1v) is 11.3. The molecule has 0 heterocycles. The fraction of sp³-hybridized carbons (Fsp3) is 0.417. The van der Waals surface area contributed by atoms with Crippen LogP contribution in [0.5, 0.6) is 0 Å². The van der Waals surface area contributed by atoms with Gasteiger partial charge in [0.15, 0.2) is 0 Å². The topological polar surface area (TPSA) is 49.4 Å². The minimum absolute atomic E-state index is 0.131. The largest absolute Gasteiger partial charge is 0.342 e. The van der Waals surface area contributed by atoms with Crippen LogP contribution < -0.4 is 5.32 Å². The second-order valence-electron chi connectivity index (χ2n) is 7.83. The molecule has 1 aliphatic carbocycles. The van der Waals surface area contributed by atoms with Crippen molar-refractivity contribution >= 4 is 29.3 Å². The molecule has 5 heteroatoms. The SMILES string of the molecule is Cc1ccc(NC(=O)c2ccccc2SCC(=O)N(C)C2CCCCC2)cc1C.